The fourth-order valence-electron chi connectivity index (χ4n) is 2.62. The first-order valence-corrected chi connectivity index (χ1v) is 10.5. The van der Waals surface area contributed by atoms with Gasteiger partial charge in [0.25, 0.3) is 10.0 Å². The van der Waals surface area contributed by atoms with Gasteiger partial charge in [-0.1, -0.05) is 6.07 Å². The summed E-state index contributed by atoms with van der Waals surface area (Å²) in [5.41, 5.74) is 12.2. The predicted molar refractivity (Wildman–Crippen MR) is 107 cm³/mol. The SMILES string of the molecule is Cc1ccc(S(=O)(=O)N(CCN)OC(=O)C(F)(F)F)cc1-c1cnc(N)c(-n2cncn2)n1. The molecule has 0 aliphatic heterocycles. The molecule has 0 aliphatic rings. The van der Waals surface area contributed by atoms with Gasteiger partial charge in [0.2, 0.25) is 0 Å². The lowest BCUT2D eigenvalue weighted by Gasteiger charge is -2.21. The first kappa shape index (κ1) is 24.0. The third-order valence-corrected chi connectivity index (χ3v) is 5.84. The second-order valence-corrected chi connectivity index (χ2v) is 8.31. The van der Waals surface area contributed by atoms with Crippen LogP contribution in [0, 0.1) is 6.92 Å². The normalized spacial score (nSPS) is 12.2. The third kappa shape index (κ3) is 5.07. The van der Waals surface area contributed by atoms with Gasteiger partial charge in [0.1, 0.15) is 12.7 Å². The largest absolute Gasteiger partial charge is 0.492 e. The predicted octanol–water partition coefficient (Wildman–Crippen LogP) is 0.585. The number of nitrogen functional groups attached to an aromatic ring is 1. The minimum absolute atomic E-state index is 0.0267. The maximum Gasteiger partial charge on any atom is 0.492 e. The molecule has 0 bridgehead atoms. The topological polar surface area (TPSA) is 172 Å². The molecule has 12 nitrogen and oxygen atoms in total. The van der Waals surface area contributed by atoms with Gasteiger partial charge >= 0.3 is 12.1 Å². The van der Waals surface area contributed by atoms with Crippen LogP contribution in [0.3, 0.4) is 0 Å². The second kappa shape index (κ2) is 9.08. The average Bonchev–Trinajstić information content (AvgIpc) is 3.28. The maximum absolute atomic E-state index is 12.9. The van der Waals surface area contributed by atoms with Crippen LogP contribution in [0.1, 0.15) is 5.56 Å². The fourth-order valence-corrected chi connectivity index (χ4v) is 3.88. The first-order chi connectivity index (χ1) is 15.4. The highest BCUT2D eigenvalue weighted by Gasteiger charge is 2.44. The second-order valence-electron chi connectivity index (χ2n) is 6.48. The van der Waals surface area contributed by atoms with Crippen LogP contribution >= 0.6 is 0 Å². The molecule has 1 aromatic carbocycles. The average molecular weight is 486 g/mol. The van der Waals surface area contributed by atoms with Crippen LogP contribution in [0.5, 0.6) is 0 Å². The van der Waals surface area contributed by atoms with Crippen LogP contribution in [-0.4, -0.2) is 62.9 Å². The van der Waals surface area contributed by atoms with Gasteiger partial charge in [-0.25, -0.2) is 28.2 Å². The number of halogens is 3. The van der Waals surface area contributed by atoms with Crippen LogP contribution < -0.4 is 11.5 Å². The Morgan fingerprint density at radius 3 is 2.64 bits per heavy atom. The van der Waals surface area contributed by atoms with Gasteiger partial charge in [0, 0.05) is 12.1 Å². The monoisotopic (exact) mass is 486 g/mol. The highest BCUT2D eigenvalue weighted by atomic mass is 32.2. The van der Waals surface area contributed by atoms with Gasteiger partial charge in [-0.3, -0.25) is 0 Å². The van der Waals surface area contributed by atoms with Gasteiger partial charge in [-0.2, -0.15) is 23.0 Å². The highest BCUT2D eigenvalue weighted by molar-refractivity contribution is 7.89. The summed E-state index contributed by atoms with van der Waals surface area (Å²) in [6.45, 7) is 0.541. The number of nitrogens with zero attached hydrogens (tertiary/aromatic N) is 6. The lowest BCUT2D eigenvalue weighted by molar-refractivity contribution is -0.222. The molecular formula is C17H17F3N8O4S. The molecule has 176 valence electrons. The molecule has 2 aromatic heterocycles. The van der Waals surface area contributed by atoms with Crippen molar-refractivity contribution in [1.29, 1.82) is 0 Å². The van der Waals surface area contributed by atoms with Crippen molar-refractivity contribution in [3.05, 3.63) is 42.6 Å². The minimum Gasteiger partial charge on any atom is -0.381 e. The molecule has 0 aliphatic carbocycles. The van der Waals surface area contributed by atoms with Crippen molar-refractivity contribution in [1.82, 2.24) is 29.2 Å². The zero-order chi connectivity index (χ0) is 24.4. The molecule has 2 heterocycles. The number of carbonyl (C=O) groups excluding carboxylic acids is 1. The van der Waals surface area contributed by atoms with E-state index < -0.39 is 40.2 Å². The van der Waals surface area contributed by atoms with Gasteiger partial charge in [0.15, 0.2) is 11.6 Å². The summed E-state index contributed by atoms with van der Waals surface area (Å²) in [4.78, 5) is 27.0. The summed E-state index contributed by atoms with van der Waals surface area (Å²) in [6.07, 6.45) is -1.54. The number of anilines is 1. The summed E-state index contributed by atoms with van der Waals surface area (Å²) in [5.74, 6) is -2.55. The van der Waals surface area contributed by atoms with E-state index in [0.29, 0.717) is 5.56 Å². The Hall–Kier alpha value is -3.63. The standard InChI is InChI=1S/C17H17F3N8O4S/c1-10-2-3-11(33(30,31)28(5-4-21)32-16(29)17(18,19)20)6-12(10)13-7-24-14(22)15(26-13)27-9-23-8-25-27/h2-3,6-9H,4-5,21H2,1H3,(H2,22,24). The molecule has 0 fully saturated rings. The van der Waals surface area contributed by atoms with E-state index in [4.69, 9.17) is 11.5 Å². The number of rotatable bonds is 7. The van der Waals surface area contributed by atoms with Crippen molar-refractivity contribution >= 4 is 21.8 Å². The number of aryl methyl sites for hydroxylation is 1. The van der Waals surface area contributed by atoms with E-state index in [1.807, 2.05) is 0 Å². The minimum atomic E-state index is -5.40. The number of hydrogen-bond acceptors (Lipinski definition) is 10. The van der Waals surface area contributed by atoms with Crippen molar-refractivity contribution in [2.24, 2.45) is 5.73 Å². The number of benzene rings is 1. The summed E-state index contributed by atoms with van der Waals surface area (Å²) >= 11 is 0. The van der Waals surface area contributed by atoms with Crippen LogP contribution in [-0.2, 0) is 19.7 Å². The zero-order valence-electron chi connectivity index (χ0n) is 16.9. The van der Waals surface area contributed by atoms with E-state index in [1.165, 1.54) is 29.6 Å². The fraction of sp³-hybridized carbons (Fsp3) is 0.235. The molecular weight excluding hydrogens is 469 g/mol. The van der Waals surface area contributed by atoms with Crippen molar-refractivity contribution in [3.8, 4) is 17.1 Å². The van der Waals surface area contributed by atoms with Crippen molar-refractivity contribution in [2.75, 3.05) is 18.8 Å². The Morgan fingerprint density at radius 2 is 2.03 bits per heavy atom. The quantitative estimate of drug-likeness (QED) is 0.450. The number of alkyl halides is 3. The molecule has 3 aromatic rings. The molecule has 4 N–H and O–H groups in total. The van der Waals surface area contributed by atoms with Gasteiger partial charge in [-0.05, 0) is 29.1 Å². The number of hydrogen-bond donors (Lipinski definition) is 2. The molecule has 3 rings (SSSR count). The number of hydroxylamine groups is 1. The third-order valence-electron chi connectivity index (χ3n) is 4.20. The Kier molecular flexibility index (Phi) is 6.61. The lowest BCUT2D eigenvalue weighted by atomic mass is 10.1. The number of aromatic nitrogens is 5. The smallest absolute Gasteiger partial charge is 0.381 e. The Morgan fingerprint density at radius 1 is 1.30 bits per heavy atom. The van der Waals surface area contributed by atoms with E-state index in [2.05, 4.69) is 24.9 Å². The Balaban J connectivity index is 2.05. The summed E-state index contributed by atoms with van der Waals surface area (Å²) < 4.78 is 64.8. The van der Waals surface area contributed by atoms with E-state index in [0.717, 1.165) is 12.1 Å². The molecule has 0 atom stereocenters. The molecule has 0 radical (unpaired) electrons. The summed E-state index contributed by atoms with van der Waals surface area (Å²) in [7, 11) is -4.72. The van der Waals surface area contributed by atoms with Crippen molar-refractivity contribution in [2.45, 2.75) is 18.0 Å². The van der Waals surface area contributed by atoms with Gasteiger partial charge in [0.05, 0.1) is 23.3 Å². The van der Waals surface area contributed by atoms with Crippen molar-refractivity contribution in [3.63, 3.8) is 0 Å². The molecule has 16 heteroatoms. The van der Waals surface area contributed by atoms with E-state index in [1.54, 1.807) is 6.92 Å². The Labute approximate surface area is 185 Å². The van der Waals surface area contributed by atoms with Crippen LogP contribution in [0.4, 0.5) is 19.0 Å². The molecule has 0 amide bonds. The lowest BCUT2D eigenvalue weighted by Crippen LogP contribution is -2.41. The van der Waals surface area contributed by atoms with E-state index in [-0.39, 0.29) is 27.4 Å². The van der Waals surface area contributed by atoms with Crippen molar-refractivity contribution < 1.29 is 31.2 Å². The van der Waals surface area contributed by atoms with Crippen LogP contribution in [0.25, 0.3) is 17.1 Å². The number of nitrogens with two attached hydrogens (primary N) is 2. The van der Waals surface area contributed by atoms with E-state index >= 15 is 0 Å². The van der Waals surface area contributed by atoms with Crippen LogP contribution in [0.15, 0.2) is 41.9 Å². The molecule has 0 spiro atoms. The van der Waals surface area contributed by atoms with Crippen LogP contribution in [0.2, 0.25) is 0 Å². The molecule has 0 unspecified atom stereocenters. The summed E-state index contributed by atoms with van der Waals surface area (Å²) in [5, 5.41) is 3.92. The first-order valence-electron chi connectivity index (χ1n) is 9.05. The van der Waals surface area contributed by atoms with E-state index in [9.17, 15) is 26.4 Å². The highest BCUT2D eigenvalue weighted by Crippen LogP contribution is 2.28. The number of sulfonamides is 1. The molecule has 0 saturated carbocycles. The Bertz CT molecular complexity index is 1270. The van der Waals surface area contributed by atoms with Gasteiger partial charge < -0.3 is 16.3 Å². The van der Waals surface area contributed by atoms with Gasteiger partial charge in [-0.15, -0.1) is 0 Å². The number of carbonyl (C=O) groups is 1. The molecule has 33 heavy (non-hydrogen) atoms. The summed E-state index contributed by atoms with van der Waals surface area (Å²) in [6, 6.07) is 3.70. The zero-order valence-corrected chi connectivity index (χ0v) is 17.7. The maximum atomic E-state index is 12.9. The molecule has 0 saturated heterocycles.